The molecule has 2 atom stereocenters. The van der Waals surface area contributed by atoms with E-state index in [-0.39, 0.29) is 23.9 Å². The number of hydrogen-bond donors (Lipinski definition) is 3. The number of rotatable bonds is 5. The van der Waals surface area contributed by atoms with Crippen molar-refractivity contribution in [3.8, 4) is 0 Å². The Balaban J connectivity index is 1.48. The summed E-state index contributed by atoms with van der Waals surface area (Å²) < 4.78 is 4.96. The summed E-state index contributed by atoms with van der Waals surface area (Å²) in [5.74, 6) is 0.156. The van der Waals surface area contributed by atoms with E-state index < -0.39 is 11.6 Å². The van der Waals surface area contributed by atoms with Crippen LogP contribution in [-0.2, 0) is 4.79 Å². The van der Waals surface area contributed by atoms with Crippen LogP contribution in [0.2, 0.25) is 0 Å². The Kier molecular flexibility index (Phi) is 3.70. The molecule has 0 spiro atoms. The van der Waals surface area contributed by atoms with Crippen molar-refractivity contribution in [3.05, 3.63) is 24.2 Å². The van der Waals surface area contributed by atoms with Gasteiger partial charge in [0.1, 0.15) is 11.8 Å². The van der Waals surface area contributed by atoms with Crippen molar-refractivity contribution in [2.75, 3.05) is 6.54 Å². The van der Waals surface area contributed by atoms with Crippen molar-refractivity contribution in [2.24, 2.45) is 11.7 Å². The van der Waals surface area contributed by atoms with Crippen LogP contribution >= 0.6 is 0 Å². The van der Waals surface area contributed by atoms with Crippen LogP contribution in [-0.4, -0.2) is 46.9 Å². The van der Waals surface area contributed by atoms with Gasteiger partial charge in [0.2, 0.25) is 5.91 Å². The molecule has 0 unspecified atom stereocenters. The van der Waals surface area contributed by atoms with Crippen LogP contribution in [0.25, 0.3) is 0 Å². The van der Waals surface area contributed by atoms with E-state index in [1.165, 1.54) is 12.5 Å². The topological polar surface area (TPSA) is 118 Å². The highest BCUT2D eigenvalue weighted by Crippen LogP contribution is 2.44. The van der Waals surface area contributed by atoms with Crippen LogP contribution in [0.3, 0.4) is 0 Å². The molecule has 3 fully saturated rings. The number of urea groups is 1. The van der Waals surface area contributed by atoms with Gasteiger partial charge < -0.3 is 25.7 Å². The second kappa shape index (κ2) is 5.79. The van der Waals surface area contributed by atoms with Crippen LogP contribution in [0.15, 0.2) is 23.0 Å². The van der Waals surface area contributed by atoms with Gasteiger partial charge in [-0.3, -0.25) is 9.59 Å². The van der Waals surface area contributed by atoms with Gasteiger partial charge in [0.25, 0.3) is 5.91 Å². The van der Waals surface area contributed by atoms with Crippen LogP contribution in [0.1, 0.15) is 42.5 Å². The first kappa shape index (κ1) is 16.0. The zero-order valence-electron chi connectivity index (χ0n) is 13.9. The van der Waals surface area contributed by atoms with Crippen molar-refractivity contribution in [1.82, 2.24) is 15.5 Å². The molecule has 0 aromatic carbocycles. The molecule has 2 aliphatic carbocycles. The fraction of sp³-hybridized carbons (Fsp3) is 0.588. The van der Waals surface area contributed by atoms with Gasteiger partial charge in [0.05, 0.1) is 23.9 Å². The van der Waals surface area contributed by atoms with Gasteiger partial charge >= 0.3 is 6.03 Å². The largest absolute Gasteiger partial charge is 0.472 e. The standard InChI is InChI=1S/C17H22N4O4/c18-16(24)20-17(5-6-17)15(23)21-7-3-12(13(21)10-1-2-10)19-14(22)11-4-8-25-9-11/h4,8-10,12-13H,1-3,5-7H2,(H,19,22)(H3,18,20,24)/t12-,13+/m1/s1. The number of carbonyl (C=O) groups is 3. The molecule has 1 aliphatic heterocycles. The second-order valence-electron chi connectivity index (χ2n) is 7.28. The highest BCUT2D eigenvalue weighted by molar-refractivity contribution is 5.95. The fourth-order valence-corrected chi connectivity index (χ4v) is 3.90. The summed E-state index contributed by atoms with van der Waals surface area (Å²) in [6, 6.07) is 0.853. The third-order valence-corrected chi connectivity index (χ3v) is 5.44. The summed E-state index contributed by atoms with van der Waals surface area (Å²) in [6.45, 7) is 0.582. The van der Waals surface area contributed by atoms with Gasteiger partial charge in [0, 0.05) is 6.54 Å². The quantitative estimate of drug-likeness (QED) is 0.723. The molecule has 134 valence electrons. The molecule has 0 bridgehead atoms. The lowest BCUT2D eigenvalue weighted by Gasteiger charge is -2.31. The maximum absolute atomic E-state index is 13.0. The molecule has 25 heavy (non-hydrogen) atoms. The lowest BCUT2D eigenvalue weighted by molar-refractivity contribution is -0.135. The minimum absolute atomic E-state index is 0.0181. The molecule has 1 aromatic heterocycles. The molecule has 0 radical (unpaired) electrons. The third kappa shape index (κ3) is 2.96. The monoisotopic (exact) mass is 346 g/mol. The van der Waals surface area contributed by atoms with Crippen molar-refractivity contribution in [3.63, 3.8) is 0 Å². The molecular formula is C17H22N4O4. The van der Waals surface area contributed by atoms with Crippen molar-refractivity contribution >= 4 is 17.8 Å². The van der Waals surface area contributed by atoms with E-state index in [1.807, 2.05) is 4.90 Å². The molecule has 2 saturated carbocycles. The van der Waals surface area contributed by atoms with Crippen molar-refractivity contribution < 1.29 is 18.8 Å². The zero-order valence-corrected chi connectivity index (χ0v) is 13.9. The Bertz CT molecular complexity index is 694. The number of carbonyl (C=O) groups excluding carboxylic acids is 3. The molecule has 4 amide bonds. The average molecular weight is 346 g/mol. The Morgan fingerprint density at radius 1 is 1.24 bits per heavy atom. The van der Waals surface area contributed by atoms with Crippen LogP contribution in [0.4, 0.5) is 4.79 Å². The smallest absolute Gasteiger partial charge is 0.313 e. The van der Waals surface area contributed by atoms with Crippen molar-refractivity contribution in [1.29, 1.82) is 0 Å². The number of furan rings is 1. The molecule has 4 rings (SSSR count). The number of primary amides is 1. The number of likely N-dealkylation sites (tertiary alicyclic amines) is 1. The van der Waals surface area contributed by atoms with E-state index in [4.69, 9.17) is 10.2 Å². The molecule has 4 N–H and O–H groups in total. The normalized spacial score (nSPS) is 27.0. The third-order valence-electron chi connectivity index (χ3n) is 5.44. The Hall–Kier alpha value is -2.51. The molecule has 8 heteroatoms. The van der Waals surface area contributed by atoms with E-state index in [0.29, 0.717) is 37.3 Å². The number of nitrogens with one attached hydrogen (secondary N) is 2. The van der Waals surface area contributed by atoms with Crippen LogP contribution in [0.5, 0.6) is 0 Å². The SMILES string of the molecule is NC(=O)NC1(C(=O)N2CC[C@@H](NC(=O)c3ccoc3)[C@@H]2C2CC2)CC1. The van der Waals surface area contributed by atoms with Crippen LogP contribution in [0, 0.1) is 5.92 Å². The Labute approximate surface area is 145 Å². The lowest BCUT2D eigenvalue weighted by atomic mass is 10.0. The second-order valence-corrected chi connectivity index (χ2v) is 7.28. The minimum Gasteiger partial charge on any atom is -0.472 e. The maximum atomic E-state index is 13.0. The molecule has 1 saturated heterocycles. The summed E-state index contributed by atoms with van der Waals surface area (Å²) >= 11 is 0. The highest BCUT2D eigenvalue weighted by Gasteiger charge is 2.57. The minimum atomic E-state index is -0.831. The number of hydrogen-bond acceptors (Lipinski definition) is 4. The molecule has 8 nitrogen and oxygen atoms in total. The van der Waals surface area contributed by atoms with Crippen molar-refractivity contribution in [2.45, 2.75) is 49.7 Å². The van der Waals surface area contributed by atoms with E-state index in [2.05, 4.69) is 10.6 Å². The summed E-state index contributed by atoms with van der Waals surface area (Å²) in [7, 11) is 0. The summed E-state index contributed by atoms with van der Waals surface area (Å²) in [4.78, 5) is 38.4. The summed E-state index contributed by atoms with van der Waals surface area (Å²) in [6.07, 6.45) is 6.94. The molecular weight excluding hydrogens is 324 g/mol. The Morgan fingerprint density at radius 3 is 2.56 bits per heavy atom. The predicted molar refractivity (Wildman–Crippen MR) is 87.5 cm³/mol. The van der Waals surface area contributed by atoms with Gasteiger partial charge in [-0.25, -0.2) is 4.79 Å². The molecule has 3 aliphatic rings. The van der Waals surface area contributed by atoms with Gasteiger partial charge in [-0.05, 0) is 44.1 Å². The highest BCUT2D eigenvalue weighted by atomic mass is 16.3. The number of nitrogens with two attached hydrogens (primary N) is 1. The zero-order chi connectivity index (χ0) is 17.6. The molecule has 1 aromatic rings. The molecule has 2 heterocycles. The average Bonchev–Trinajstić information content (AvgIpc) is 3.45. The van der Waals surface area contributed by atoms with Gasteiger partial charge in [-0.1, -0.05) is 0 Å². The number of nitrogens with zero attached hydrogens (tertiary/aromatic N) is 1. The predicted octanol–water partition coefficient (Wildman–Crippen LogP) is 0.590. The van der Waals surface area contributed by atoms with Gasteiger partial charge in [-0.2, -0.15) is 0 Å². The maximum Gasteiger partial charge on any atom is 0.313 e. The van der Waals surface area contributed by atoms with E-state index >= 15 is 0 Å². The summed E-state index contributed by atoms with van der Waals surface area (Å²) in [5.41, 5.74) is 4.87. The lowest BCUT2D eigenvalue weighted by Crippen LogP contribution is -2.56. The summed E-state index contributed by atoms with van der Waals surface area (Å²) in [5, 5.41) is 5.66. The first-order valence-corrected chi connectivity index (χ1v) is 8.72. The fourth-order valence-electron chi connectivity index (χ4n) is 3.90. The van der Waals surface area contributed by atoms with Crippen LogP contribution < -0.4 is 16.4 Å². The van der Waals surface area contributed by atoms with E-state index in [1.54, 1.807) is 6.07 Å². The van der Waals surface area contributed by atoms with E-state index in [9.17, 15) is 14.4 Å². The Morgan fingerprint density at radius 2 is 2.00 bits per heavy atom. The van der Waals surface area contributed by atoms with E-state index in [0.717, 1.165) is 12.8 Å². The number of amides is 4. The first-order valence-electron chi connectivity index (χ1n) is 8.72. The van der Waals surface area contributed by atoms with Gasteiger partial charge in [-0.15, -0.1) is 0 Å². The van der Waals surface area contributed by atoms with Gasteiger partial charge in [0.15, 0.2) is 0 Å². The first-order chi connectivity index (χ1) is 12.0.